The van der Waals surface area contributed by atoms with Crippen molar-refractivity contribution in [1.29, 1.82) is 0 Å². The average Bonchev–Trinajstić information content (AvgIpc) is 2.93. The number of thiophene rings is 2. The molecule has 3 N–H and O–H groups in total. The van der Waals surface area contributed by atoms with E-state index >= 15 is 0 Å². The summed E-state index contributed by atoms with van der Waals surface area (Å²) < 4.78 is 3.18. The minimum absolute atomic E-state index is 0.115. The zero-order valence-electron chi connectivity index (χ0n) is 10.6. The highest BCUT2D eigenvalue weighted by atomic mass is 79.9. The molecule has 0 bridgehead atoms. The van der Waals surface area contributed by atoms with Crippen molar-refractivity contribution in [3.05, 3.63) is 44.6 Å². The summed E-state index contributed by atoms with van der Waals surface area (Å²) in [5, 5.41) is 4.93. The zero-order valence-corrected chi connectivity index (χ0v) is 13.8. The zero-order chi connectivity index (χ0) is 14.3. The Morgan fingerprint density at radius 1 is 1.30 bits per heavy atom. The van der Waals surface area contributed by atoms with Gasteiger partial charge in [-0.2, -0.15) is 0 Å². The van der Waals surface area contributed by atoms with Crippen molar-refractivity contribution >= 4 is 65.3 Å². The number of hydrogen-bond acceptors (Lipinski definition) is 4. The molecule has 20 heavy (non-hydrogen) atoms. The number of halogens is 1. The van der Waals surface area contributed by atoms with Gasteiger partial charge in [-0.25, -0.2) is 0 Å². The highest BCUT2D eigenvalue weighted by Crippen LogP contribution is 2.32. The first-order valence-electron chi connectivity index (χ1n) is 5.88. The summed E-state index contributed by atoms with van der Waals surface area (Å²) in [7, 11) is 0. The van der Waals surface area contributed by atoms with Crippen LogP contribution in [0.5, 0.6) is 0 Å². The molecule has 3 nitrogen and oxygen atoms in total. The predicted octanol–water partition coefficient (Wildman–Crippen LogP) is 4.87. The number of nitrogens with one attached hydrogen (secondary N) is 1. The molecule has 0 aliphatic heterocycles. The monoisotopic (exact) mass is 366 g/mol. The summed E-state index contributed by atoms with van der Waals surface area (Å²) >= 11 is 6.52. The molecule has 0 radical (unpaired) electrons. The predicted molar refractivity (Wildman–Crippen MR) is 90.9 cm³/mol. The van der Waals surface area contributed by atoms with Gasteiger partial charge in [-0.15, -0.1) is 22.7 Å². The van der Waals surface area contributed by atoms with Crippen molar-refractivity contribution in [1.82, 2.24) is 0 Å². The van der Waals surface area contributed by atoms with Crippen molar-refractivity contribution in [2.24, 2.45) is 0 Å². The standard InChI is InChI=1S/C14H11BrN2OS2/c1-7-4-8(15)5-9(16)13(7)17-14(18)12-6-11-10(20-12)2-3-19-11/h2-6H,16H2,1H3,(H,17,18). The van der Waals surface area contributed by atoms with Gasteiger partial charge in [0.1, 0.15) is 0 Å². The van der Waals surface area contributed by atoms with Crippen molar-refractivity contribution in [3.63, 3.8) is 0 Å². The summed E-state index contributed by atoms with van der Waals surface area (Å²) in [6.45, 7) is 1.92. The Morgan fingerprint density at radius 3 is 2.80 bits per heavy atom. The smallest absolute Gasteiger partial charge is 0.265 e. The van der Waals surface area contributed by atoms with E-state index in [1.807, 2.05) is 30.5 Å². The Bertz CT molecular complexity index is 755. The highest BCUT2D eigenvalue weighted by Gasteiger charge is 2.14. The summed E-state index contributed by atoms with van der Waals surface area (Å²) in [4.78, 5) is 13.0. The second-order valence-electron chi connectivity index (χ2n) is 4.40. The van der Waals surface area contributed by atoms with Crippen LogP contribution in [0, 0.1) is 6.92 Å². The van der Waals surface area contributed by atoms with Gasteiger partial charge in [0.2, 0.25) is 0 Å². The number of carbonyl (C=O) groups excluding carboxylic acids is 1. The van der Waals surface area contributed by atoms with E-state index in [1.165, 1.54) is 11.3 Å². The third kappa shape index (κ3) is 2.46. The van der Waals surface area contributed by atoms with Gasteiger partial charge in [0, 0.05) is 13.9 Å². The molecule has 0 saturated heterocycles. The molecule has 0 aliphatic carbocycles. The Balaban J connectivity index is 1.91. The number of benzene rings is 1. The lowest BCUT2D eigenvalue weighted by molar-refractivity contribution is 0.103. The van der Waals surface area contributed by atoms with Crippen molar-refractivity contribution < 1.29 is 4.79 Å². The molecule has 1 aromatic carbocycles. The van der Waals surface area contributed by atoms with Crippen LogP contribution in [-0.4, -0.2) is 5.91 Å². The van der Waals surface area contributed by atoms with Gasteiger partial charge in [-0.05, 0) is 42.1 Å². The average molecular weight is 367 g/mol. The molecule has 0 atom stereocenters. The van der Waals surface area contributed by atoms with Gasteiger partial charge >= 0.3 is 0 Å². The molecule has 0 fully saturated rings. The lowest BCUT2D eigenvalue weighted by Gasteiger charge is -2.11. The maximum absolute atomic E-state index is 12.3. The molecule has 2 aromatic heterocycles. The van der Waals surface area contributed by atoms with Gasteiger partial charge in [-0.1, -0.05) is 15.9 Å². The van der Waals surface area contributed by atoms with Gasteiger partial charge < -0.3 is 11.1 Å². The first-order chi connectivity index (χ1) is 9.54. The Kier molecular flexibility index (Phi) is 3.54. The van der Waals surface area contributed by atoms with Crippen LogP contribution in [-0.2, 0) is 0 Å². The number of amides is 1. The second-order valence-corrected chi connectivity index (χ2v) is 7.35. The van der Waals surface area contributed by atoms with E-state index in [0.29, 0.717) is 16.3 Å². The number of fused-ring (bicyclic) bond motifs is 1. The number of anilines is 2. The van der Waals surface area contributed by atoms with Crippen molar-refractivity contribution in [3.8, 4) is 0 Å². The Morgan fingerprint density at radius 2 is 2.10 bits per heavy atom. The minimum Gasteiger partial charge on any atom is -0.397 e. The highest BCUT2D eigenvalue weighted by molar-refractivity contribution is 9.10. The maximum atomic E-state index is 12.3. The van der Waals surface area contributed by atoms with Crippen LogP contribution in [0.3, 0.4) is 0 Å². The fourth-order valence-corrected chi connectivity index (χ4v) is 4.59. The van der Waals surface area contributed by atoms with E-state index in [9.17, 15) is 4.79 Å². The number of nitrogens with two attached hydrogens (primary N) is 1. The van der Waals surface area contributed by atoms with E-state index < -0.39 is 0 Å². The fourth-order valence-electron chi connectivity index (χ4n) is 1.99. The SMILES string of the molecule is Cc1cc(Br)cc(N)c1NC(=O)c1cc2sccc2s1. The normalized spacial score (nSPS) is 10.9. The molecule has 2 heterocycles. The third-order valence-corrected chi connectivity index (χ3v) is 5.48. The van der Waals surface area contributed by atoms with Crippen LogP contribution < -0.4 is 11.1 Å². The molecule has 0 unspecified atom stereocenters. The van der Waals surface area contributed by atoms with E-state index in [2.05, 4.69) is 21.2 Å². The van der Waals surface area contributed by atoms with Crippen LogP contribution in [0.4, 0.5) is 11.4 Å². The number of rotatable bonds is 2. The van der Waals surface area contributed by atoms with Gasteiger partial charge in [0.25, 0.3) is 5.91 Å². The van der Waals surface area contributed by atoms with Crippen molar-refractivity contribution in [2.45, 2.75) is 6.92 Å². The molecule has 3 rings (SSSR count). The van der Waals surface area contributed by atoms with Crippen LogP contribution >= 0.6 is 38.6 Å². The summed E-state index contributed by atoms with van der Waals surface area (Å²) in [6, 6.07) is 7.67. The van der Waals surface area contributed by atoms with Crippen LogP contribution in [0.15, 0.2) is 34.1 Å². The number of carbonyl (C=O) groups is 1. The fraction of sp³-hybridized carbons (Fsp3) is 0.0714. The molecule has 0 aliphatic rings. The van der Waals surface area contributed by atoms with E-state index in [4.69, 9.17) is 5.73 Å². The molecule has 0 saturated carbocycles. The van der Waals surface area contributed by atoms with E-state index in [1.54, 1.807) is 17.4 Å². The van der Waals surface area contributed by atoms with Crippen LogP contribution in [0.2, 0.25) is 0 Å². The van der Waals surface area contributed by atoms with Gasteiger partial charge in [-0.3, -0.25) is 4.79 Å². The maximum Gasteiger partial charge on any atom is 0.265 e. The van der Waals surface area contributed by atoms with Crippen molar-refractivity contribution in [2.75, 3.05) is 11.1 Å². The topological polar surface area (TPSA) is 55.1 Å². The largest absolute Gasteiger partial charge is 0.397 e. The second kappa shape index (κ2) is 5.20. The molecule has 1 amide bonds. The molecular weight excluding hydrogens is 356 g/mol. The molecule has 3 aromatic rings. The van der Waals surface area contributed by atoms with E-state index in [-0.39, 0.29) is 5.91 Å². The summed E-state index contributed by atoms with van der Waals surface area (Å²) in [6.07, 6.45) is 0. The van der Waals surface area contributed by atoms with E-state index in [0.717, 1.165) is 19.4 Å². The van der Waals surface area contributed by atoms with Crippen LogP contribution in [0.25, 0.3) is 9.40 Å². The molecule has 102 valence electrons. The Hall–Kier alpha value is -1.37. The number of hydrogen-bond donors (Lipinski definition) is 2. The van der Waals surface area contributed by atoms with Gasteiger partial charge in [0.05, 0.1) is 16.3 Å². The first-order valence-corrected chi connectivity index (χ1v) is 8.37. The molecule has 0 spiro atoms. The first kappa shape index (κ1) is 13.6. The van der Waals surface area contributed by atoms with Crippen LogP contribution in [0.1, 0.15) is 15.2 Å². The number of nitrogen functional groups attached to an aromatic ring is 1. The lowest BCUT2D eigenvalue weighted by atomic mass is 10.1. The summed E-state index contributed by atoms with van der Waals surface area (Å²) in [5.74, 6) is -0.115. The summed E-state index contributed by atoms with van der Waals surface area (Å²) in [5.41, 5.74) is 8.13. The van der Waals surface area contributed by atoms with Gasteiger partial charge in [0.15, 0.2) is 0 Å². The minimum atomic E-state index is -0.115. The number of aryl methyl sites for hydroxylation is 1. The third-order valence-electron chi connectivity index (χ3n) is 2.93. The Labute approximate surface area is 132 Å². The molecule has 6 heteroatoms. The quantitative estimate of drug-likeness (QED) is 0.635. The lowest BCUT2D eigenvalue weighted by Crippen LogP contribution is -2.12. The molecular formula is C14H11BrN2OS2.